The first-order valence-corrected chi connectivity index (χ1v) is 5.04. The molecule has 0 saturated carbocycles. The van der Waals surface area contributed by atoms with Gasteiger partial charge >= 0.3 is 5.97 Å². The molecular formula is C11H12N2O5. The number of hydrogen-bond acceptors (Lipinski definition) is 5. The fourth-order valence-corrected chi connectivity index (χ4v) is 1.71. The maximum Gasteiger partial charge on any atom is 0.357 e. The van der Waals surface area contributed by atoms with Crippen LogP contribution in [0.2, 0.25) is 0 Å². The molecule has 1 aromatic carbocycles. The Morgan fingerprint density at radius 2 is 1.83 bits per heavy atom. The number of hydrogen-bond donors (Lipinski definition) is 6. The molecule has 0 radical (unpaired) electrons. The molecule has 18 heavy (non-hydrogen) atoms. The Morgan fingerprint density at radius 3 is 2.44 bits per heavy atom. The van der Waals surface area contributed by atoms with Crippen LogP contribution < -0.4 is 5.73 Å². The van der Waals surface area contributed by atoms with Gasteiger partial charge in [-0.05, 0) is 6.07 Å². The van der Waals surface area contributed by atoms with E-state index in [0.29, 0.717) is 10.9 Å². The number of benzene rings is 1. The average molecular weight is 252 g/mol. The van der Waals surface area contributed by atoms with Crippen molar-refractivity contribution < 1.29 is 25.2 Å². The number of H-pyrrole nitrogens is 1. The van der Waals surface area contributed by atoms with E-state index in [1.165, 1.54) is 6.20 Å². The van der Waals surface area contributed by atoms with Gasteiger partial charge in [-0.2, -0.15) is 0 Å². The Balaban J connectivity index is 2.64. The number of rotatable bonds is 3. The molecule has 2 rings (SSSR count). The van der Waals surface area contributed by atoms with Gasteiger partial charge in [0.15, 0.2) is 0 Å². The summed E-state index contributed by atoms with van der Waals surface area (Å²) >= 11 is 0. The highest BCUT2D eigenvalue weighted by Gasteiger charge is 2.54. The number of fused-ring (bicyclic) bond motifs is 1. The van der Waals surface area contributed by atoms with E-state index in [9.17, 15) is 20.1 Å². The fourth-order valence-electron chi connectivity index (χ4n) is 1.71. The minimum absolute atomic E-state index is 0.217. The van der Waals surface area contributed by atoms with Gasteiger partial charge < -0.3 is 25.4 Å². The minimum Gasteiger partial charge on any atom is -0.478 e. The van der Waals surface area contributed by atoms with Gasteiger partial charge in [0.2, 0.25) is 5.79 Å². The van der Waals surface area contributed by atoms with Gasteiger partial charge in [0.25, 0.3) is 5.72 Å². The van der Waals surface area contributed by atoms with Gasteiger partial charge in [0.05, 0.1) is 0 Å². The summed E-state index contributed by atoms with van der Waals surface area (Å²) in [5.41, 5.74) is 2.18. The number of aliphatic carboxylic acids is 1. The van der Waals surface area contributed by atoms with Crippen molar-refractivity contribution in [1.82, 2.24) is 4.98 Å². The molecule has 0 bridgehead atoms. The zero-order valence-corrected chi connectivity index (χ0v) is 9.16. The van der Waals surface area contributed by atoms with Crippen LogP contribution in [0.15, 0.2) is 30.5 Å². The normalized spacial score (nSPS) is 15.6. The topological polar surface area (TPSA) is 140 Å². The number of aromatic amines is 1. The SMILES string of the molecule is N[C@](O)(C(=O)O)C(O)(O)c1c[nH]c2ccccc12. The second-order valence-electron chi connectivity index (χ2n) is 3.99. The smallest absolute Gasteiger partial charge is 0.357 e. The van der Waals surface area contributed by atoms with Crippen molar-refractivity contribution in [3.8, 4) is 0 Å². The Bertz CT molecular complexity index is 602. The fraction of sp³-hybridized carbons (Fsp3) is 0.182. The van der Waals surface area contributed by atoms with E-state index >= 15 is 0 Å². The molecule has 0 saturated heterocycles. The molecule has 1 atom stereocenters. The molecule has 0 aliphatic carbocycles. The molecule has 2 aromatic rings. The third-order valence-electron chi connectivity index (χ3n) is 2.82. The van der Waals surface area contributed by atoms with Crippen LogP contribution in [0, 0.1) is 0 Å². The van der Waals surface area contributed by atoms with Crippen molar-refractivity contribution in [3.63, 3.8) is 0 Å². The maximum absolute atomic E-state index is 10.8. The van der Waals surface area contributed by atoms with Crippen molar-refractivity contribution in [2.45, 2.75) is 11.5 Å². The van der Waals surface area contributed by atoms with E-state index in [2.05, 4.69) is 4.98 Å². The lowest BCUT2D eigenvalue weighted by Crippen LogP contribution is -2.63. The first kappa shape index (κ1) is 12.5. The van der Waals surface area contributed by atoms with Crippen molar-refractivity contribution in [2.24, 2.45) is 5.73 Å². The number of nitrogens with two attached hydrogens (primary N) is 1. The highest BCUT2D eigenvalue weighted by atomic mass is 16.5. The van der Waals surface area contributed by atoms with E-state index in [1.807, 2.05) is 0 Å². The van der Waals surface area contributed by atoms with Crippen LogP contribution in [0.1, 0.15) is 5.56 Å². The van der Waals surface area contributed by atoms with Crippen LogP contribution in [0.4, 0.5) is 0 Å². The zero-order valence-electron chi connectivity index (χ0n) is 9.16. The largest absolute Gasteiger partial charge is 0.478 e. The van der Waals surface area contributed by atoms with Gasteiger partial charge in [-0.3, -0.25) is 5.73 Å². The van der Waals surface area contributed by atoms with E-state index in [0.717, 1.165) is 0 Å². The van der Waals surface area contributed by atoms with E-state index in [1.54, 1.807) is 24.3 Å². The number of carboxylic acids is 1. The molecule has 1 heterocycles. The Hall–Kier alpha value is -1.93. The van der Waals surface area contributed by atoms with Gasteiger partial charge in [-0.25, -0.2) is 4.79 Å². The second kappa shape index (κ2) is 3.79. The van der Waals surface area contributed by atoms with E-state index < -0.39 is 17.5 Å². The summed E-state index contributed by atoms with van der Waals surface area (Å²) in [6.07, 6.45) is 1.19. The number of aliphatic hydroxyl groups is 3. The summed E-state index contributed by atoms with van der Waals surface area (Å²) in [4.78, 5) is 13.5. The molecule has 0 unspecified atom stereocenters. The van der Waals surface area contributed by atoms with Gasteiger partial charge in [-0.15, -0.1) is 0 Å². The Morgan fingerprint density at radius 1 is 1.22 bits per heavy atom. The van der Waals surface area contributed by atoms with E-state index in [-0.39, 0.29) is 5.56 Å². The monoisotopic (exact) mass is 252 g/mol. The number of carbonyl (C=O) groups is 1. The lowest BCUT2D eigenvalue weighted by molar-refractivity contribution is -0.279. The molecule has 0 spiro atoms. The van der Waals surface area contributed by atoms with Crippen molar-refractivity contribution in [2.75, 3.05) is 0 Å². The highest BCUT2D eigenvalue weighted by Crippen LogP contribution is 2.32. The Kier molecular flexibility index (Phi) is 2.63. The third kappa shape index (κ3) is 1.57. The lowest BCUT2D eigenvalue weighted by Gasteiger charge is -2.32. The standard InChI is InChI=1S/C11H12N2O5/c12-10(16,9(14)15)11(17,18)7-5-13-8-4-2-1-3-6(7)8/h1-5,13,16-18H,12H2,(H,14,15)/t10-/m0/s1. The molecule has 7 N–H and O–H groups in total. The predicted octanol–water partition coefficient (Wildman–Crippen LogP) is -0.963. The molecule has 0 aliphatic rings. The van der Waals surface area contributed by atoms with Crippen LogP contribution in [-0.2, 0) is 10.6 Å². The Labute approximate surface area is 101 Å². The van der Waals surface area contributed by atoms with Gasteiger partial charge in [-0.1, -0.05) is 18.2 Å². The third-order valence-corrected chi connectivity index (χ3v) is 2.82. The summed E-state index contributed by atoms with van der Waals surface area (Å²) in [6.45, 7) is 0. The molecule has 0 fully saturated rings. The molecule has 7 heteroatoms. The molecule has 7 nitrogen and oxygen atoms in total. The van der Waals surface area contributed by atoms with Crippen molar-refractivity contribution in [1.29, 1.82) is 0 Å². The summed E-state index contributed by atoms with van der Waals surface area (Å²) in [7, 11) is 0. The van der Waals surface area contributed by atoms with Gasteiger partial charge in [0, 0.05) is 22.7 Å². The van der Waals surface area contributed by atoms with Crippen molar-refractivity contribution in [3.05, 3.63) is 36.0 Å². The van der Waals surface area contributed by atoms with Crippen LogP contribution in [-0.4, -0.2) is 37.1 Å². The zero-order chi connectivity index (χ0) is 13.6. The molecule has 1 aromatic heterocycles. The first-order valence-electron chi connectivity index (χ1n) is 5.04. The number of para-hydroxylation sites is 1. The molecule has 0 aliphatic heterocycles. The highest BCUT2D eigenvalue weighted by molar-refractivity contribution is 5.86. The quantitative estimate of drug-likeness (QED) is 0.389. The van der Waals surface area contributed by atoms with Crippen LogP contribution in [0.25, 0.3) is 10.9 Å². The molecule has 96 valence electrons. The van der Waals surface area contributed by atoms with Crippen LogP contribution in [0.5, 0.6) is 0 Å². The summed E-state index contributed by atoms with van der Waals surface area (Å²) in [5.74, 6) is -5.07. The average Bonchev–Trinajstić information content (AvgIpc) is 2.72. The number of nitrogens with one attached hydrogen (secondary N) is 1. The number of aromatic nitrogens is 1. The van der Waals surface area contributed by atoms with Crippen LogP contribution >= 0.6 is 0 Å². The summed E-state index contributed by atoms with van der Waals surface area (Å²) in [6, 6.07) is 6.54. The van der Waals surface area contributed by atoms with Crippen LogP contribution in [0.3, 0.4) is 0 Å². The van der Waals surface area contributed by atoms with Gasteiger partial charge in [0.1, 0.15) is 0 Å². The predicted molar refractivity (Wildman–Crippen MR) is 61.2 cm³/mol. The molecular weight excluding hydrogens is 240 g/mol. The maximum atomic E-state index is 10.8. The van der Waals surface area contributed by atoms with E-state index in [4.69, 9.17) is 10.8 Å². The number of carboxylic acid groups (broad SMARTS) is 1. The van der Waals surface area contributed by atoms with Crippen molar-refractivity contribution >= 4 is 16.9 Å². The summed E-state index contributed by atoms with van der Waals surface area (Å²) < 4.78 is 0. The molecule has 0 amide bonds. The first-order chi connectivity index (χ1) is 8.28. The summed E-state index contributed by atoms with van der Waals surface area (Å²) in [5, 5.41) is 38.3. The second-order valence-corrected chi connectivity index (χ2v) is 3.99. The minimum atomic E-state index is -3.22. The lowest BCUT2D eigenvalue weighted by atomic mass is 9.95.